The maximum Gasteiger partial charge on any atom is 0.326 e. The largest absolute Gasteiger partial charge is 0.336 e. The quantitative estimate of drug-likeness (QED) is 0.0107. The van der Waals surface area contributed by atoms with E-state index < -0.39 is 35.3 Å². The number of anilines is 2. The molecule has 7 amide bonds. The minimum absolute atomic E-state index is 0.000527. The van der Waals surface area contributed by atoms with Gasteiger partial charge in [-0.05, 0) is 306 Å². The highest BCUT2D eigenvalue weighted by atomic mass is 19.1. The van der Waals surface area contributed by atoms with Crippen molar-refractivity contribution in [1.29, 1.82) is 0 Å². The van der Waals surface area contributed by atoms with E-state index >= 15 is 8.78 Å². The van der Waals surface area contributed by atoms with Gasteiger partial charge in [0.2, 0.25) is 17.7 Å². The van der Waals surface area contributed by atoms with Crippen LogP contribution in [-0.4, -0.2) is 151 Å². The van der Waals surface area contributed by atoms with Crippen molar-refractivity contribution in [3.05, 3.63) is 343 Å². The van der Waals surface area contributed by atoms with Crippen molar-refractivity contribution in [2.24, 2.45) is 46.6 Å². The summed E-state index contributed by atoms with van der Waals surface area (Å²) in [6.45, 7) is 17.5. The molecule has 4 aromatic heterocycles. The fourth-order valence-corrected chi connectivity index (χ4v) is 20.6. The van der Waals surface area contributed by atoms with Crippen LogP contribution in [0.3, 0.4) is 0 Å². The number of benzene rings is 8. The number of Topliss-reactive ketones (excluding diaryl/α,β-unsaturated/α-hetero) is 2. The number of piperidine rings is 1. The number of likely N-dealkylation sites (tertiary alicyclic amines) is 2. The maximum absolute atomic E-state index is 15.1. The van der Waals surface area contributed by atoms with Gasteiger partial charge in [-0.25, -0.2) is 41.1 Å². The van der Waals surface area contributed by atoms with Crippen molar-refractivity contribution in [3.8, 4) is 22.7 Å². The van der Waals surface area contributed by atoms with Gasteiger partial charge in [0.25, 0.3) is 11.8 Å². The molecule has 3 saturated heterocycles. The van der Waals surface area contributed by atoms with Crippen LogP contribution >= 0.6 is 0 Å². The van der Waals surface area contributed by atoms with Crippen molar-refractivity contribution in [2.45, 2.75) is 232 Å². The van der Waals surface area contributed by atoms with Gasteiger partial charge in [0.1, 0.15) is 46.0 Å². The van der Waals surface area contributed by atoms with Crippen LogP contribution in [0.4, 0.5) is 33.7 Å². The van der Waals surface area contributed by atoms with Gasteiger partial charge in [0.15, 0.2) is 11.6 Å². The van der Waals surface area contributed by atoms with E-state index in [-0.39, 0.29) is 108 Å². The second kappa shape index (κ2) is 49.0. The predicted molar refractivity (Wildman–Crippen MR) is 570 cm³/mol. The summed E-state index contributed by atoms with van der Waals surface area (Å²) in [5, 5.41) is 26.1. The molecule has 8 aromatic carbocycles. The number of nitrogens with one attached hydrogen (secondary N) is 3. The lowest BCUT2D eigenvalue weighted by atomic mass is 9.93. The summed E-state index contributed by atoms with van der Waals surface area (Å²) >= 11 is 0. The Morgan fingerprint density at radius 2 is 0.773 bits per heavy atom. The second-order valence-corrected chi connectivity index (χ2v) is 41.3. The number of likely N-dealkylation sites (N-methyl/N-ethyl adjacent to an activating group) is 1. The van der Waals surface area contributed by atoms with E-state index in [4.69, 9.17) is 22.9 Å². The molecule has 784 valence electrons. The average Bonchev–Trinajstić information content (AvgIpc) is 1.69. The molecule has 4 saturated carbocycles. The fourth-order valence-electron chi connectivity index (χ4n) is 20.6. The molecule has 4 aliphatic heterocycles. The van der Waals surface area contributed by atoms with Gasteiger partial charge in [-0.1, -0.05) is 143 Å². The fraction of sp³-hybridized carbons (Fsp3) is 0.390. The standard InChI is InChI=1S/C31H40FN5O.C30H35FN4O2.C29H31FN6O2.C28H30FN5O3/c1-22-17-30(37(34-22)27-6-3-5-24(18-27)21-33)31(38)20-26-19-25(10-11-28(26)32)29(12-9-23-7-8-23)36-14-4-13-35(2)15-16-36;1-20-15-28(35(33-20)25-6-4-5-22(16-25)19-32)29(36)18-24-17-23(11-12-26(24)31)27(13-10-21-8-9-21)34-14-3-2-7-30(34)37;1-18-12-13-35(29(38)32-18)26(11-8-20-6-7-20)22-9-10-24(30)25(16-22)33-28(37)27-14-19(2)34-36(27)23-5-3-4-21(15-23)17-31;1-17-13-25(34(32-17)21-4-2-3-19(14-21)16-30)28(37)31-23-15-20(8-9-22(23)29)24(10-7-18-5-6-18)33-26(35)11-12-27(33)36/h3,5-6,10-11,17-19,23,29H,4,7-9,12-16,20-21,33H2,1-2H3;4-6,11-12,15-17,21,27H,2-3,7-10,13-14,18-19,32H2,1H3;3-5,9-10,12-16,20,26H,1,6-8,11,17,31H2,2H3,(H,32,38)(H,33,37);2-4,8-9,13-15,18,24H,5-7,10-12,16,30H2,1H3,(H,31,37). The number of nitrogens with zero attached hydrogens (tertiary/aromatic N) is 13. The number of imide groups is 1. The Kier molecular flexibility index (Phi) is 35.0. The summed E-state index contributed by atoms with van der Waals surface area (Å²) in [5.74, 6) is -0.687. The van der Waals surface area contributed by atoms with Gasteiger partial charge in [0.05, 0.1) is 75.0 Å². The number of aromatic nitrogens is 8. The Labute approximate surface area is 873 Å². The smallest absolute Gasteiger partial charge is 0.326 e. The number of aryl methyl sites for hydroxylation is 4. The summed E-state index contributed by atoms with van der Waals surface area (Å²) in [7, 11) is 2.18. The number of carbonyl (C=O) groups excluding carboxylic acids is 8. The Morgan fingerprint density at radius 3 is 1.18 bits per heavy atom. The number of ketones is 2. The number of carbonyl (C=O) groups is 8. The molecule has 150 heavy (non-hydrogen) atoms. The van der Waals surface area contributed by atoms with Crippen molar-refractivity contribution in [3.63, 3.8) is 0 Å². The molecular formula is C118H136F4N20O8. The zero-order valence-corrected chi connectivity index (χ0v) is 86.2. The molecule has 4 aliphatic carbocycles. The summed E-state index contributed by atoms with van der Waals surface area (Å²) in [4.78, 5) is 114. The third-order valence-corrected chi connectivity index (χ3v) is 29.6. The molecule has 0 bridgehead atoms. The highest BCUT2D eigenvalue weighted by Crippen LogP contribution is 2.45. The topological polar surface area (TPSA) is 364 Å². The van der Waals surface area contributed by atoms with Crippen molar-refractivity contribution >= 4 is 58.5 Å². The van der Waals surface area contributed by atoms with Crippen LogP contribution in [0.2, 0.25) is 0 Å². The highest BCUT2D eigenvalue weighted by Gasteiger charge is 2.40. The Hall–Kier alpha value is -14.3. The Morgan fingerprint density at radius 1 is 0.400 bits per heavy atom. The number of rotatable bonds is 38. The number of hydrogen-bond acceptors (Lipinski definition) is 18. The lowest BCUT2D eigenvalue weighted by Gasteiger charge is -2.35. The molecule has 4 atom stereocenters. The average molecular weight is 2040 g/mol. The predicted octanol–water partition coefficient (Wildman–Crippen LogP) is 20.2. The first-order chi connectivity index (χ1) is 72.5. The van der Waals surface area contributed by atoms with Crippen LogP contribution in [0, 0.1) is 74.6 Å². The minimum Gasteiger partial charge on any atom is -0.336 e. The number of allylic oxidation sites excluding steroid dienone is 1. The molecule has 12 aromatic rings. The van der Waals surface area contributed by atoms with Crippen LogP contribution in [-0.2, 0) is 53.4 Å². The van der Waals surface area contributed by atoms with E-state index in [0.29, 0.717) is 113 Å². The number of hydrogen-bond donors (Lipinski definition) is 7. The van der Waals surface area contributed by atoms with E-state index in [2.05, 4.69) is 59.8 Å². The molecule has 11 N–H and O–H groups in total. The molecular weight excluding hydrogens is 1900 g/mol. The van der Waals surface area contributed by atoms with E-state index in [0.717, 1.165) is 171 Å². The third-order valence-electron chi connectivity index (χ3n) is 29.6. The molecule has 28 nitrogen and oxygen atoms in total. The zero-order valence-electron chi connectivity index (χ0n) is 86.2. The monoisotopic (exact) mass is 2040 g/mol. The molecule has 4 unspecified atom stereocenters. The van der Waals surface area contributed by atoms with E-state index in [1.165, 1.54) is 83.5 Å². The van der Waals surface area contributed by atoms with Crippen LogP contribution in [0.1, 0.15) is 286 Å². The lowest BCUT2D eigenvalue weighted by molar-refractivity contribution is -0.141. The van der Waals surface area contributed by atoms with Gasteiger partial charge in [-0.2, -0.15) is 20.4 Å². The van der Waals surface area contributed by atoms with Crippen LogP contribution in [0.5, 0.6) is 0 Å². The summed E-state index contributed by atoms with van der Waals surface area (Å²) in [5.41, 5.74) is 38.6. The lowest BCUT2D eigenvalue weighted by Crippen LogP contribution is -2.40. The number of halogens is 4. The Balaban J connectivity index is 0.000000136. The number of nitrogens with two attached hydrogens (primary N) is 4. The molecule has 8 aliphatic rings. The van der Waals surface area contributed by atoms with Gasteiger partial charge in [-0.15, -0.1) is 0 Å². The van der Waals surface area contributed by atoms with E-state index in [9.17, 15) is 47.1 Å². The van der Waals surface area contributed by atoms with Gasteiger partial charge in [0, 0.05) is 102 Å². The maximum atomic E-state index is 15.1. The highest BCUT2D eigenvalue weighted by molar-refractivity contribution is 6.05. The molecule has 7 fully saturated rings. The summed E-state index contributed by atoms with van der Waals surface area (Å²) < 4.78 is 66.3. The molecule has 0 radical (unpaired) electrons. The first-order valence-electron chi connectivity index (χ1n) is 52.8. The van der Waals surface area contributed by atoms with E-state index in [1.54, 1.807) is 101 Å². The van der Waals surface area contributed by atoms with E-state index in [1.807, 2.05) is 128 Å². The summed E-state index contributed by atoms with van der Waals surface area (Å²) in [6, 6.07) is 55.5. The molecule has 32 heteroatoms. The number of amides is 7. The Bertz CT molecular complexity index is 6970. The first-order valence-corrected chi connectivity index (χ1v) is 52.8. The SMILES string of the molecule is C=C1C=CN(C(CCC2CC2)c2ccc(F)c(NC(=O)c3cc(C)nn3-c3cccc(CN)c3)c2)C(=O)N1.Cc1cc(C(=O)Cc2cc(C(CCC3CC3)N3CCCCC3=O)ccc2F)n(-c2cccc(CN)c2)n1.Cc1cc(C(=O)Cc2cc(C(CCC3CC3)N3CCCN(C)CC3)ccc2F)n(-c2cccc(CN)c2)n1.Cc1cc(C(=O)Nc2cc(C(CCC3CC3)N3C(=O)CCC3=O)ccc2F)n(-c2cccc(CN)c2)n1. The molecule has 8 heterocycles. The van der Waals surface area contributed by atoms with Crippen LogP contribution < -0.4 is 38.9 Å². The zero-order chi connectivity index (χ0) is 106. The van der Waals surface area contributed by atoms with Crippen molar-refractivity contribution in [2.75, 3.05) is 50.4 Å². The van der Waals surface area contributed by atoms with Crippen molar-refractivity contribution < 1.29 is 55.9 Å². The van der Waals surface area contributed by atoms with Gasteiger partial charge >= 0.3 is 6.03 Å². The normalized spacial score (nSPS) is 16.7. The third kappa shape index (κ3) is 27.3. The van der Waals surface area contributed by atoms with Gasteiger partial charge < -0.3 is 48.7 Å². The first kappa shape index (κ1) is 107. The second-order valence-electron chi connectivity index (χ2n) is 41.3. The van der Waals surface area contributed by atoms with Crippen LogP contribution in [0.15, 0.2) is 219 Å². The molecule has 20 rings (SSSR count). The van der Waals surface area contributed by atoms with Crippen molar-refractivity contribution in [1.82, 2.24) is 68.9 Å². The minimum atomic E-state index is -0.606. The van der Waals surface area contributed by atoms with Gasteiger partial charge in [-0.3, -0.25) is 48.3 Å². The number of urea groups is 1. The summed E-state index contributed by atoms with van der Waals surface area (Å²) in [6.07, 6.45) is 24.7. The molecule has 0 spiro atoms. The van der Waals surface area contributed by atoms with Crippen LogP contribution in [0.25, 0.3) is 22.7 Å².